The lowest BCUT2D eigenvalue weighted by atomic mass is 10.1. The summed E-state index contributed by atoms with van der Waals surface area (Å²) >= 11 is 1.16. The van der Waals surface area contributed by atoms with Gasteiger partial charge < -0.3 is 9.73 Å². The average Bonchev–Trinajstić information content (AvgIpc) is 3.18. The fraction of sp³-hybridized carbons (Fsp3) is 0.467. The first-order chi connectivity index (χ1) is 10.7. The van der Waals surface area contributed by atoms with E-state index in [1.54, 1.807) is 12.3 Å². The van der Waals surface area contributed by atoms with Gasteiger partial charge in [-0.1, -0.05) is 25.2 Å². The van der Waals surface area contributed by atoms with E-state index < -0.39 is 0 Å². The van der Waals surface area contributed by atoms with Crippen molar-refractivity contribution >= 4 is 16.3 Å². The van der Waals surface area contributed by atoms with Crippen LogP contribution in [0.3, 0.4) is 0 Å². The van der Waals surface area contributed by atoms with Gasteiger partial charge in [0.15, 0.2) is 0 Å². The molecule has 2 heterocycles. The van der Waals surface area contributed by atoms with Crippen molar-refractivity contribution in [3.8, 4) is 0 Å². The molecule has 120 valence electrons. The van der Waals surface area contributed by atoms with E-state index in [-0.39, 0.29) is 16.0 Å². The topological polar surface area (TPSA) is 71.5 Å². The molecule has 22 heavy (non-hydrogen) atoms. The number of rotatable bonds is 9. The summed E-state index contributed by atoms with van der Waals surface area (Å²) in [5.74, 6) is 0.937. The lowest BCUT2D eigenvalue weighted by molar-refractivity contribution is -0.380. The van der Waals surface area contributed by atoms with E-state index in [0.717, 1.165) is 42.3 Å². The van der Waals surface area contributed by atoms with Gasteiger partial charge in [0.25, 0.3) is 0 Å². The van der Waals surface area contributed by atoms with Crippen LogP contribution in [0.25, 0.3) is 0 Å². The van der Waals surface area contributed by atoms with Gasteiger partial charge >= 0.3 is 5.00 Å². The van der Waals surface area contributed by atoms with E-state index in [1.165, 1.54) is 0 Å². The second kappa shape index (κ2) is 8.07. The smallest absolute Gasteiger partial charge is 0.324 e. The van der Waals surface area contributed by atoms with E-state index in [0.29, 0.717) is 6.54 Å². The molecular formula is C15H21N3O3S. The molecule has 1 N–H and O–H groups in total. The minimum atomic E-state index is -0.351. The molecule has 0 fully saturated rings. The number of furan rings is 1. The van der Waals surface area contributed by atoms with Crippen molar-refractivity contribution in [3.05, 3.63) is 51.3 Å². The summed E-state index contributed by atoms with van der Waals surface area (Å²) in [6.07, 6.45) is 1.69. The molecule has 0 radical (unpaired) electrons. The Bertz CT molecular complexity index is 579. The van der Waals surface area contributed by atoms with Crippen LogP contribution in [0.1, 0.15) is 31.2 Å². The monoisotopic (exact) mass is 323 g/mol. The zero-order valence-electron chi connectivity index (χ0n) is 12.8. The summed E-state index contributed by atoms with van der Waals surface area (Å²) in [4.78, 5) is 12.7. The summed E-state index contributed by atoms with van der Waals surface area (Å²) in [6.45, 7) is 7.48. The highest BCUT2D eigenvalue weighted by Crippen LogP contribution is 2.23. The van der Waals surface area contributed by atoms with Crippen molar-refractivity contribution in [2.45, 2.75) is 26.4 Å². The average molecular weight is 323 g/mol. The van der Waals surface area contributed by atoms with Crippen molar-refractivity contribution < 1.29 is 9.34 Å². The van der Waals surface area contributed by atoms with Gasteiger partial charge in [0.2, 0.25) is 0 Å². The lowest BCUT2D eigenvalue weighted by Crippen LogP contribution is -2.35. The Hall–Kier alpha value is -1.70. The molecule has 0 aromatic carbocycles. The molecule has 0 spiro atoms. The Kier molecular flexibility index (Phi) is 6.11. The summed E-state index contributed by atoms with van der Waals surface area (Å²) in [5, 5.41) is 16.1. The summed E-state index contributed by atoms with van der Waals surface area (Å²) in [7, 11) is 0. The maximum Gasteiger partial charge on any atom is 0.324 e. The van der Waals surface area contributed by atoms with Crippen molar-refractivity contribution in [3.63, 3.8) is 0 Å². The van der Waals surface area contributed by atoms with E-state index in [1.807, 2.05) is 17.5 Å². The maximum absolute atomic E-state index is 10.7. The number of nitrogens with one attached hydrogen (secondary N) is 1. The van der Waals surface area contributed by atoms with Gasteiger partial charge in [0.1, 0.15) is 5.76 Å². The largest absolute Gasteiger partial charge is 0.468 e. The van der Waals surface area contributed by atoms with Crippen molar-refractivity contribution in [1.29, 1.82) is 0 Å². The highest BCUT2D eigenvalue weighted by molar-refractivity contribution is 7.13. The molecule has 2 aromatic rings. The van der Waals surface area contributed by atoms with E-state index >= 15 is 0 Å². The maximum atomic E-state index is 10.7. The van der Waals surface area contributed by atoms with Crippen LogP contribution < -0.4 is 5.32 Å². The quantitative estimate of drug-likeness (QED) is 0.565. The zero-order chi connectivity index (χ0) is 15.9. The number of thiophene rings is 1. The Labute approximate surface area is 133 Å². The molecule has 2 aromatic heterocycles. The van der Waals surface area contributed by atoms with Gasteiger partial charge in [-0.15, -0.1) is 0 Å². The van der Waals surface area contributed by atoms with Gasteiger partial charge in [-0.3, -0.25) is 15.0 Å². The first-order valence-corrected chi connectivity index (χ1v) is 8.23. The predicted molar refractivity (Wildman–Crippen MR) is 87.1 cm³/mol. The molecule has 0 saturated carbocycles. The molecule has 0 aliphatic heterocycles. The molecule has 7 heteroatoms. The van der Waals surface area contributed by atoms with Gasteiger partial charge in [0.05, 0.1) is 17.2 Å². The Morgan fingerprint density at radius 1 is 1.45 bits per heavy atom. The van der Waals surface area contributed by atoms with Crippen LogP contribution in [0.2, 0.25) is 0 Å². The molecule has 0 bridgehead atoms. The predicted octanol–water partition coefficient (Wildman–Crippen LogP) is 3.42. The van der Waals surface area contributed by atoms with Gasteiger partial charge in [-0.2, -0.15) is 0 Å². The third kappa shape index (κ3) is 4.16. The Morgan fingerprint density at radius 3 is 2.77 bits per heavy atom. The molecule has 2 rings (SSSR count). The van der Waals surface area contributed by atoms with Crippen LogP contribution in [0, 0.1) is 10.1 Å². The van der Waals surface area contributed by atoms with Crippen molar-refractivity contribution in [2.75, 3.05) is 19.6 Å². The molecule has 1 atom stereocenters. The highest BCUT2D eigenvalue weighted by atomic mass is 32.1. The highest BCUT2D eigenvalue weighted by Gasteiger charge is 2.20. The van der Waals surface area contributed by atoms with E-state index in [4.69, 9.17) is 4.42 Å². The summed E-state index contributed by atoms with van der Waals surface area (Å²) in [6, 6.07) is 5.67. The normalized spacial score (nSPS) is 12.7. The van der Waals surface area contributed by atoms with Crippen LogP contribution in [-0.2, 0) is 6.54 Å². The van der Waals surface area contributed by atoms with E-state index in [2.05, 4.69) is 24.1 Å². The number of nitrogens with zero attached hydrogens (tertiary/aromatic N) is 2. The second-order valence-corrected chi connectivity index (χ2v) is 5.82. The second-order valence-electron chi connectivity index (χ2n) is 4.93. The first kappa shape index (κ1) is 16.7. The molecular weight excluding hydrogens is 302 g/mol. The number of hydrogen-bond acceptors (Lipinski definition) is 6. The molecule has 0 aliphatic carbocycles. The minimum Gasteiger partial charge on any atom is -0.468 e. The standard InChI is InChI=1S/C15H21N3O3S/c1-3-17(4-2)13(14-6-5-7-21-14)10-16-9-12-8-15(18(19)20)22-11-12/h5-8,11,13,16H,3-4,9-10H2,1-2H3. The van der Waals surface area contributed by atoms with Gasteiger partial charge in [-0.25, -0.2) is 0 Å². The van der Waals surface area contributed by atoms with Gasteiger partial charge in [0, 0.05) is 24.5 Å². The number of nitro groups is 1. The third-order valence-corrected chi connectivity index (χ3v) is 4.54. The first-order valence-electron chi connectivity index (χ1n) is 7.35. The van der Waals surface area contributed by atoms with Crippen LogP contribution in [0.4, 0.5) is 5.00 Å². The fourth-order valence-corrected chi connectivity index (χ4v) is 3.19. The lowest BCUT2D eigenvalue weighted by Gasteiger charge is -2.28. The van der Waals surface area contributed by atoms with Crippen LogP contribution in [0.15, 0.2) is 34.3 Å². The SMILES string of the molecule is CCN(CC)C(CNCc1csc([N+](=O)[O-])c1)c1ccco1. The molecule has 6 nitrogen and oxygen atoms in total. The van der Waals surface area contributed by atoms with Crippen LogP contribution >= 0.6 is 11.3 Å². The Morgan fingerprint density at radius 2 is 2.23 bits per heavy atom. The number of likely N-dealkylation sites (N-methyl/N-ethyl adjacent to an activating group) is 1. The van der Waals surface area contributed by atoms with Crippen LogP contribution in [0.5, 0.6) is 0 Å². The van der Waals surface area contributed by atoms with Crippen molar-refractivity contribution in [2.24, 2.45) is 0 Å². The summed E-state index contributed by atoms with van der Waals surface area (Å²) < 4.78 is 5.55. The van der Waals surface area contributed by atoms with Crippen LogP contribution in [-0.4, -0.2) is 29.5 Å². The fourth-order valence-electron chi connectivity index (χ4n) is 2.46. The van der Waals surface area contributed by atoms with Gasteiger partial charge in [-0.05, 0) is 30.8 Å². The van der Waals surface area contributed by atoms with Crippen molar-refractivity contribution in [1.82, 2.24) is 10.2 Å². The number of hydrogen-bond donors (Lipinski definition) is 1. The molecule has 0 amide bonds. The third-order valence-electron chi connectivity index (χ3n) is 3.61. The molecule has 0 saturated heterocycles. The Balaban J connectivity index is 1.94. The zero-order valence-corrected chi connectivity index (χ0v) is 13.6. The minimum absolute atomic E-state index is 0.165. The van der Waals surface area contributed by atoms with E-state index in [9.17, 15) is 10.1 Å². The molecule has 1 unspecified atom stereocenters. The molecule has 0 aliphatic rings. The summed E-state index contributed by atoms with van der Waals surface area (Å²) in [5.41, 5.74) is 0.939.